The molecule has 3 aliphatic rings. The van der Waals surface area contributed by atoms with Gasteiger partial charge in [0.05, 0.1) is 0 Å². The summed E-state index contributed by atoms with van der Waals surface area (Å²) in [5, 5.41) is 3.35. The molecule has 1 saturated heterocycles. The summed E-state index contributed by atoms with van der Waals surface area (Å²) < 4.78 is 0. The molecule has 1 unspecified atom stereocenters. The van der Waals surface area contributed by atoms with E-state index in [0.29, 0.717) is 11.5 Å². The van der Waals surface area contributed by atoms with E-state index in [1.807, 2.05) is 12.1 Å². The second kappa shape index (κ2) is 7.21. The maximum absolute atomic E-state index is 12.9. The maximum atomic E-state index is 12.9. The lowest BCUT2D eigenvalue weighted by Gasteiger charge is -2.33. The summed E-state index contributed by atoms with van der Waals surface area (Å²) in [6.45, 7) is 3.30. The van der Waals surface area contributed by atoms with Crippen LogP contribution in [0.2, 0.25) is 0 Å². The van der Waals surface area contributed by atoms with Crippen LogP contribution in [0.25, 0.3) is 6.08 Å². The largest absolute Gasteiger partial charge is 0.349 e. The predicted octanol–water partition coefficient (Wildman–Crippen LogP) is 4.43. The van der Waals surface area contributed by atoms with E-state index in [9.17, 15) is 4.79 Å². The zero-order chi connectivity index (χ0) is 19.0. The van der Waals surface area contributed by atoms with Gasteiger partial charge in [0, 0.05) is 18.2 Å². The van der Waals surface area contributed by atoms with Gasteiger partial charge in [0.2, 0.25) is 0 Å². The summed E-state index contributed by atoms with van der Waals surface area (Å²) in [7, 11) is 0. The van der Waals surface area contributed by atoms with Crippen LogP contribution < -0.4 is 5.32 Å². The van der Waals surface area contributed by atoms with E-state index >= 15 is 0 Å². The Balaban J connectivity index is 1.19. The molecule has 1 atom stereocenters. The fourth-order valence-corrected chi connectivity index (χ4v) is 5.00. The van der Waals surface area contributed by atoms with Gasteiger partial charge < -0.3 is 5.32 Å². The summed E-state index contributed by atoms with van der Waals surface area (Å²) in [4.78, 5) is 15.5. The standard InChI is InChI=1S/C25H28N2O/c28-24(22-12-6-10-20-9-4-5-11-21(20)22)26-23-17-25(23)13-15-27(16-14-25)18-19-7-2-1-3-8-19/h1-3,5-8,10-12,23H,4,9,13-18H2,(H,26,28). The number of carbonyl (C=O) groups is 1. The number of aryl methyl sites for hydroxylation is 1. The lowest BCUT2D eigenvalue weighted by Crippen LogP contribution is -2.38. The van der Waals surface area contributed by atoms with Gasteiger partial charge in [0.1, 0.15) is 0 Å². The Morgan fingerprint density at radius 1 is 1.07 bits per heavy atom. The molecule has 2 fully saturated rings. The molecule has 2 aromatic carbocycles. The van der Waals surface area contributed by atoms with Crippen molar-refractivity contribution in [3.8, 4) is 0 Å². The molecule has 5 rings (SSSR count). The topological polar surface area (TPSA) is 32.3 Å². The second-order valence-corrected chi connectivity index (χ2v) is 8.67. The van der Waals surface area contributed by atoms with Gasteiger partial charge in [0.25, 0.3) is 5.91 Å². The number of likely N-dealkylation sites (tertiary alicyclic amines) is 1. The Morgan fingerprint density at radius 2 is 1.89 bits per heavy atom. The van der Waals surface area contributed by atoms with Gasteiger partial charge in [-0.2, -0.15) is 0 Å². The SMILES string of the molecule is O=C(NC1CC12CCN(Cc1ccccc1)CC2)c1cccc2c1C=CCC2. The Hall–Kier alpha value is -2.39. The zero-order valence-corrected chi connectivity index (χ0v) is 16.4. The van der Waals surface area contributed by atoms with Crippen LogP contribution in [0.5, 0.6) is 0 Å². The highest BCUT2D eigenvalue weighted by Gasteiger charge is 2.55. The van der Waals surface area contributed by atoms with E-state index in [-0.39, 0.29) is 5.91 Å². The van der Waals surface area contributed by atoms with Gasteiger partial charge >= 0.3 is 0 Å². The molecule has 2 aromatic rings. The number of nitrogens with zero attached hydrogens (tertiary/aromatic N) is 1. The number of benzene rings is 2. The molecule has 1 aliphatic heterocycles. The molecule has 0 bridgehead atoms. The molecule has 3 heteroatoms. The van der Waals surface area contributed by atoms with Crippen LogP contribution in [0, 0.1) is 5.41 Å². The van der Waals surface area contributed by atoms with Crippen LogP contribution >= 0.6 is 0 Å². The molecule has 28 heavy (non-hydrogen) atoms. The van der Waals surface area contributed by atoms with Crippen molar-refractivity contribution < 1.29 is 4.79 Å². The normalized spacial score (nSPS) is 22.6. The minimum absolute atomic E-state index is 0.108. The fraction of sp³-hybridized carbons (Fsp3) is 0.400. The van der Waals surface area contributed by atoms with E-state index in [4.69, 9.17) is 0 Å². The number of allylic oxidation sites excluding steroid dienone is 1. The molecule has 1 amide bonds. The first kappa shape index (κ1) is 17.7. The van der Waals surface area contributed by atoms with Gasteiger partial charge in [-0.1, -0.05) is 54.6 Å². The lowest BCUT2D eigenvalue weighted by molar-refractivity contribution is 0.0933. The first-order chi connectivity index (χ1) is 13.7. The fourth-order valence-electron chi connectivity index (χ4n) is 5.00. The van der Waals surface area contributed by atoms with Crippen molar-refractivity contribution in [1.29, 1.82) is 0 Å². The highest BCUT2D eigenvalue weighted by atomic mass is 16.1. The lowest BCUT2D eigenvalue weighted by atomic mass is 9.91. The number of hydrogen-bond donors (Lipinski definition) is 1. The van der Waals surface area contributed by atoms with Crippen LogP contribution in [-0.2, 0) is 13.0 Å². The molecule has 0 radical (unpaired) electrons. The Bertz CT molecular complexity index is 894. The molecule has 0 aromatic heterocycles. The maximum Gasteiger partial charge on any atom is 0.252 e. The highest BCUT2D eigenvalue weighted by molar-refractivity contribution is 5.98. The summed E-state index contributed by atoms with van der Waals surface area (Å²) in [5.74, 6) is 0.108. The van der Waals surface area contributed by atoms with Gasteiger partial charge in [-0.05, 0) is 73.4 Å². The number of fused-ring (bicyclic) bond motifs is 1. The van der Waals surface area contributed by atoms with E-state index in [1.54, 1.807) is 0 Å². The number of piperidine rings is 1. The van der Waals surface area contributed by atoms with Crippen molar-refractivity contribution in [2.75, 3.05) is 13.1 Å². The molecule has 1 saturated carbocycles. The van der Waals surface area contributed by atoms with Crippen molar-refractivity contribution in [1.82, 2.24) is 10.2 Å². The van der Waals surface area contributed by atoms with Crippen LogP contribution in [0.15, 0.2) is 54.6 Å². The average molecular weight is 373 g/mol. The van der Waals surface area contributed by atoms with Crippen LogP contribution in [0.4, 0.5) is 0 Å². The molecule has 1 heterocycles. The summed E-state index contributed by atoms with van der Waals surface area (Å²) in [6.07, 6.45) is 9.94. The molecule has 144 valence electrons. The van der Waals surface area contributed by atoms with Crippen LogP contribution in [0.3, 0.4) is 0 Å². The Kier molecular flexibility index (Phi) is 4.56. The van der Waals surface area contributed by atoms with Gasteiger partial charge in [0.15, 0.2) is 0 Å². The van der Waals surface area contributed by atoms with Gasteiger partial charge in [-0.25, -0.2) is 0 Å². The summed E-state index contributed by atoms with van der Waals surface area (Å²) >= 11 is 0. The molecule has 2 aliphatic carbocycles. The molecular formula is C25H28N2O. The first-order valence-electron chi connectivity index (χ1n) is 10.6. The van der Waals surface area contributed by atoms with Gasteiger partial charge in [-0.3, -0.25) is 9.69 Å². The minimum atomic E-state index is 0.108. The molecular weight excluding hydrogens is 344 g/mol. The van der Waals surface area contributed by atoms with E-state index < -0.39 is 0 Å². The van der Waals surface area contributed by atoms with Crippen LogP contribution in [0.1, 0.15) is 52.7 Å². The third-order valence-corrected chi connectivity index (χ3v) is 6.90. The quantitative estimate of drug-likeness (QED) is 0.861. The smallest absolute Gasteiger partial charge is 0.252 e. The summed E-state index contributed by atoms with van der Waals surface area (Å²) in [6, 6.07) is 17.2. The van der Waals surface area contributed by atoms with E-state index in [1.165, 1.54) is 24.0 Å². The number of hydrogen-bond acceptors (Lipinski definition) is 2. The van der Waals surface area contributed by atoms with Crippen molar-refractivity contribution in [3.05, 3.63) is 76.9 Å². The number of amides is 1. The average Bonchev–Trinajstić information content (AvgIpc) is 3.41. The van der Waals surface area contributed by atoms with Crippen LogP contribution in [-0.4, -0.2) is 29.9 Å². The van der Waals surface area contributed by atoms with Crippen molar-refractivity contribution in [2.45, 2.75) is 44.7 Å². The van der Waals surface area contributed by atoms with Crippen molar-refractivity contribution in [2.24, 2.45) is 5.41 Å². The molecule has 1 spiro atoms. The second-order valence-electron chi connectivity index (χ2n) is 8.67. The van der Waals surface area contributed by atoms with E-state index in [2.05, 4.69) is 58.8 Å². The first-order valence-corrected chi connectivity index (χ1v) is 10.6. The minimum Gasteiger partial charge on any atom is -0.349 e. The number of carbonyl (C=O) groups excluding carboxylic acids is 1. The molecule has 1 N–H and O–H groups in total. The third kappa shape index (κ3) is 3.40. The highest BCUT2D eigenvalue weighted by Crippen LogP contribution is 2.54. The van der Waals surface area contributed by atoms with Crippen molar-refractivity contribution in [3.63, 3.8) is 0 Å². The molecule has 3 nitrogen and oxygen atoms in total. The Morgan fingerprint density at radius 3 is 2.71 bits per heavy atom. The monoisotopic (exact) mass is 372 g/mol. The van der Waals surface area contributed by atoms with Gasteiger partial charge in [-0.15, -0.1) is 0 Å². The number of rotatable bonds is 4. The number of nitrogens with one attached hydrogen (secondary N) is 1. The summed E-state index contributed by atoms with van der Waals surface area (Å²) in [5.41, 5.74) is 5.00. The third-order valence-electron chi connectivity index (χ3n) is 6.90. The van der Waals surface area contributed by atoms with E-state index in [0.717, 1.165) is 50.0 Å². The Labute approximate surface area is 167 Å². The van der Waals surface area contributed by atoms with Crippen molar-refractivity contribution >= 4 is 12.0 Å². The predicted molar refractivity (Wildman–Crippen MR) is 113 cm³/mol. The zero-order valence-electron chi connectivity index (χ0n) is 16.4.